The molecule has 0 bridgehead atoms. The van der Waals surface area contributed by atoms with Gasteiger partial charge in [0.1, 0.15) is 11.1 Å². The van der Waals surface area contributed by atoms with Crippen LogP contribution in [0, 0.1) is 17.6 Å². The fourth-order valence-corrected chi connectivity index (χ4v) is 6.03. The average Bonchev–Trinajstić information content (AvgIpc) is 2.84. The van der Waals surface area contributed by atoms with E-state index in [1.807, 2.05) is 30.3 Å². The molecule has 2 unspecified atom stereocenters. The Bertz CT molecular complexity index is 1220. The van der Waals surface area contributed by atoms with Gasteiger partial charge in [-0.05, 0) is 42.0 Å². The summed E-state index contributed by atoms with van der Waals surface area (Å²) >= 11 is 5.90. The molecule has 1 aliphatic heterocycles. The summed E-state index contributed by atoms with van der Waals surface area (Å²) in [4.78, 5) is -0.0467. The molecule has 0 saturated heterocycles. The molecular weight excluding hydrogens is 486 g/mol. The first-order chi connectivity index (χ1) is 16.4. The number of hydrogen-bond donors (Lipinski definition) is 0. The molecule has 180 valence electrons. The van der Waals surface area contributed by atoms with E-state index in [2.05, 4.69) is 0 Å². The van der Waals surface area contributed by atoms with Crippen LogP contribution >= 0.6 is 11.6 Å². The van der Waals surface area contributed by atoms with Crippen molar-refractivity contribution in [3.8, 4) is 5.75 Å². The molecule has 0 radical (unpaired) electrons. The number of sulfone groups is 1. The molecule has 3 aromatic carbocycles. The lowest BCUT2D eigenvalue weighted by Crippen LogP contribution is -2.35. The fourth-order valence-electron chi connectivity index (χ4n) is 3.91. The van der Waals surface area contributed by atoms with Crippen LogP contribution in [0.25, 0.3) is 0 Å². The van der Waals surface area contributed by atoms with Crippen molar-refractivity contribution in [2.24, 2.45) is 5.92 Å². The molecule has 0 N–H and O–H groups in total. The normalized spacial score (nSPS) is 17.7. The van der Waals surface area contributed by atoms with E-state index in [0.29, 0.717) is 11.6 Å². The minimum atomic E-state index is -4.12. The van der Waals surface area contributed by atoms with Crippen LogP contribution in [0.4, 0.5) is 8.78 Å². The highest BCUT2D eigenvalue weighted by molar-refractivity contribution is 7.91. The molecule has 0 fully saturated rings. The van der Waals surface area contributed by atoms with E-state index in [1.54, 1.807) is 0 Å². The predicted octanol–water partition coefficient (Wildman–Crippen LogP) is 5.38. The molecule has 0 aliphatic carbocycles. The zero-order chi connectivity index (χ0) is 24.1. The van der Waals surface area contributed by atoms with Gasteiger partial charge in [0, 0.05) is 10.9 Å². The van der Waals surface area contributed by atoms with Crippen LogP contribution < -0.4 is 4.74 Å². The molecule has 1 heterocycles. The first-order valence-corrected chi connectivity index (χ1v) is 12.6. The van der Waals surface area contributed by atoms with Gasteiger partial charge in [-0.3, -0.25) is 0 Å². The van der Waals surface area contributed by atoms with Gasteiger partial charge in [0.2, 0.25) is 0 Å². The first kappa shape index (κ1) is 24.6. The molecular formula is C25H23ClF2O5S. The summed E-state index contributed by atoms with van der Waals surface area (Å²) in [7, 11) is -4.12. The highest BCUT2D eigenvalue weighted by Gasteiger charge is 2.44. The third-order valence-electron chi connectivity index (χ3n) is 5.54. The van der Waals surface area contributed by atoms with Crippen molar-refractivity contribution in [1.29, 1.82) is 0 Å². The smallest absolute Gasteiger partial charge is 0.186 e. The Morgan fingerprint density at radius 1 is 0.912 bits per heavy atom. The lowest BCUT2D eigenvalue weighted by Gasteiger charge is -2.33. The molecule has 4 rings (SSSR count). The summed E-state index contributed by atoms with van der Waals surface area (Å²) in [5.41, 5.74) is 0.696. The summed E-state index contributed by atoms with van der Waals surface area (Å²) in [6, 6.07) is 17.0. The van der Waals surface area contributed by atoms with Gasteiger partial charge in [-0.2, -0.15) is 0 Å². The monoisotopic (exact) mass is 508 g/mol. The Labute approximate surface area is 202 Å². The molecule has 9 heteroatoms. The van der Waals surface area contributed by atoms with Gasteiger partial charge in [-0.15, -0.1) is 0 Å². The Hall–Kier alpha value is -2.52. The second-order valence-electron chi connectivity index (χ2n) is 7.88. The van der Waals surface area contributed by atoms with Crippen molar-refractivity contribution in [3.05, 3.63) is 94.5 Å². The Morgan fingerprint density at radius 2 is 1.59 bits per heavy atom. The van der Waals surface area contributed by atoms with E-state index in [-0.39, 0.29) is 42.6 Å². The second-order valence-corrected chi connectivity index (χ2v) is 10.4. The van der Waals surface area contributed by atoms with Crippen molar-refractivity contribution in [3.63, 3.8) is 0 Å². The molecule has 1 aliphatic rings. The third-order valence-corrected chi connectivity index (χ3v) is 8.01. The van der Waals surface area contributed by atoms with E-state index in [9.17, 15) is 17.2 Å². The van der Waals surface area contributed by atoms with Crippen LogP contribution in [0.2, 0.25) is 5.02 Å². The van der Waals surface area contributed by atoms with Gasteiger partial charge in [0.05, 0.1) is 43.5 Å². The Balaban J connectivity index is 1.50. The van der Waals surface area contributed by atoms with Gasteiger partial charge < -0.3 is 14.2 Å². The summed E-state index contributed by atoms with van der Waals surface area (Å²) in [6.45, 7) is 0.728. The maximum Gasteiger partial charge on any atom is 0.186 e. The fraction of sp³-hybridized carbons (Fsp3) is 0.280. The van der Waals surface area contributed by atoms with Crippen molar-refractivity contribution >= 4 is 21.4 Å². The third kappa shape index (κ3) is 5.41. The van der Waals surface area contributed by atoms with Gasteiger partial charge in [-0.1, -0.05) is 41.9 Å². The van der Waals surface area contributed by atoms with Crippen molar-refractivity contribution in [2.45, 2.75) is 16.8 Å². The molecule has 34 heavy (non-hydrogen) atoms. The molecule has 0 spiro atoms. The zero-order valence-corrected chi connectivity index (χ0v) is 19.7. The summed E-state index contributed by atoms with van der Waals surface area (Å²) < 4.78 is 73.0. The molecule has 3 aromatic rings. The zero-order valence-electron chi connectivity index (χ0n) is 18.1. The largest absolute Gasteiger partial charge is 0.490 e. The second kappa shape index (κ2) is 10.8. The molecule has 0 amide bonds. The lowest BCUT2D eigenvalue weighted by atomic mass is 9.96. The highest BCUT2D eigenvalue weighted by Crippen LogP contribution is 2.45. The summed E-state index contributed by atoms with van der Waals surface area (Å²) in [5.74, 6) is -2.82. The van der Waals surface area contributed by atoms with Crippen LogP contribution in [0.3, 0.4) is 0 Å². The van der Waals surface area contributed by atoms with Gasteiger partial charge in [-0.25, -0.2) is 17.2 Å². The van der Waals surface area contributed by atoms with Gasteiger partial charge in [0.25, 0.3) is 0 Å². The highest BCUT2D eigenvalue weighted by atomic mass is 35.5. The summed E-state index contributed by atoms with van der Waals surface area (Å²) in [6.07, 6.45) is 0. The number of benzene rings is 3. The SMILES string of the molecule is O=S(=O)(c1ccc(Cl)cc1)C1c2c(F)ccc(F)c2OCC1COCCOCc1ccccc1. The summed E-state index contributed by atoms with van der Waals surface area (Å²) in [5, 5.41) is -1.03. The van der Waals surface area contributed by atoms with Crippen molar-refractivity contribution in [2.75, 3.05) is 26.4 Å². The molecule has 2 atom stereocenters. The minimum Gasteiger partial charge on any atom is -0.490 e. The van der Waals surface area contributed by atoms with E-state index in [0.717, 1.165) is 17.7 Å². The average molecular weight is 509 g/mol. The van der Waals surface area contributed by atoms with E-state index in [1.165, 1.54) is 24.3 Å². The maximum atomic E-state index is 14.8. The quantitative estimate of drug-likeness (QED) is 0.363. The van der Waals surface area contributed by atoms with Gasteiger partial charge in [0.15, 0.2) is 21.4 Å². The van der Waals surface area contributed by atoms with Crippen molar-refractivity contribution in [1.82, 2.24) is 0 Å². The lowest BCUT2D eigenvalue weighted by molar-refractivity contribution is 0.0160. The molecule has 0 aromatic heterocycles. The van der Waals surface area contributed by atoms with Gasteiger partial charge >= 0.3 is 0 Å². The number of hydrogen-bond acceptors (Lipinski definition) is 5. The standard InChI is InChI=1S/C25H23ClF2O5S/c26-19-6-8-20(9-7-19)34(29,30)25-18(16-33-24-22(28)11-10-21(27)23(24)25)15-32-13-12-31-14-17-4-2-1-3-5-17/h1-11,18,25H,12-16H2. The number of fused-ring (bicyclic) bond motifs is 1. The number of ether oxygens (including phenoxy) is 3. The van der Waals surface area contributed by atoms with E-state index < -0.39 is 32.6 Å². The molecule has 5 nitrogen and oxygen atoms in total. The van der Waals surface area contributed by atoms with Crippen LogP contribution in [0.15, 0.2) is 71.6 Å². The number of halogens is 3. The van der Waals surface area contributed by atoms with Crippen LogP contribution in [-0.4, -0.2) is 34.8 Å². The van der Waals surface area contributed by atoms with E-state index in [4.69, 9.17) is 25.8 Å². The number of rotatable bonds is 9. The maximum absolute atomic E-state index is 14.8. The van der Waals surface area contributed by atoms with Crippen LogP contribution in [-0.2, 0) is 25.9 Å². The Morgan fingerprint density at radius 3 is 2.32 bits per heavy atom. The minimum absolute atomic E-state index is 0.0401. The van der Waals surface area contributed by atoms with E-state index >= 15 is 0 Å². The first-order valence-electron chi connectivity index (χ1n) is 10.7. The topological polar surface area (TPSA) is 61.8 Å². The Kier molecular flexibility index (Phi) is 7.83. The van der Waals surface area contributed by atoms with Crippen LogP contribution in [0.5, 0.6) is 5.75 Å². The van der Waals surface area contributed by atoms with Crippen LogP contribution in [0.1, 0.15) is 16.4 Å². The molecule has 0 saturated carbocycles. The van der Waals surface area contributed by atoms with Crippen molar-refractivity contribution < 1.29 is 31.4 Å². The predicted molar refractivity (Wildman–Crippen MR) is 124 cm³/mol.